The Kier molecular flexibility index (Phi) is 4.48. The van der Waals surface area contributed by atoms with Crippen LogP contribution < -0.4 is 4.52 Å². The van der Waals surface area contributed by atoms with Gasteiger partial charge in [0.2, 0.25) is 0 Å². The van der Waals surface area contributed by atoms with Gasteiger partial charge in [-0.3, -0.25) is 9.79 Å². The molecule has 3 aromatic rings. The van der Waals surface area contributed by atoms with Crippen LogP contribution in [0.4, 0.5) is 0 Å². The highest BCUT2D eigenvalue weighted by atomic mass is 35.5. The minimum absolute atomic E-state index is 0.120. The number of rotatable bonds is 6. The number of fused-ring (bicyclic) bond motifs is 1. The Morgan fingerprint density at radius 1 is 1.48 bits per heavy atom. The number of hydrogen-bond donors (Lipinski definition) is 2. The highest BCUT2D eigenvalue weighted by molar-refractivity contribution is 7.47. The minimum atomic E-state index is -4.59. The van der Waals surface area contributed by atoms with Crippen LogP contribution in [0.3, 0.4) is 0 Å². The maximum Gasteiger partial charge on any atom is 0.525 e. The third-order valence-corrected chi connectivity index (χ3v) is 4.98. The molecule has 0 radical (unpaired) electrons. The molecule has 2 N–H and O–H groups in total. The summed E-state index contributed by atoms with van der Waals surface area (Å²) in [6.45, 7) is 3.33. The van der Waals surface area contributed by atoms with Gasteiger partial charge in [0.1, 0.15) is 10.7 Å². The molecule has 0 atom stereocenters. The first-order valence-corrected chi connectivity index (χ1v) is 9.58. The molecule has 0 spiro atoms. The van der Waals surface area contributed by atoms with E-state index in [0.717, 1.165) is 29.1 Å². The standard InChI is InChI=1S/C12H14ClN4O4PS/c1-2-16-7-14-5-8(16)6-17-9-3-11(21-22(18,19)20)23-12(9)15-10(17)4-13/h3,5,7H,2,4,6H2,1H3,(H2,18,19,20). The summed E-state index contributed by atoms with van der Waals surface area (Å²) >= 11 is 7.03. The molecule has 0 fully saturated rings. The van der Waals surface area contributed by atoms with Gasteiger partial charge in [-0.2, -0.15) is 0 Å². The number of aryl methyl sites for hydroxylation is 1. The zero-order valence-electron chi connectivity index (χ0n) is 12.1. The van der Waals surface area contributed by atoms with Crippen LogP contribution in [0.5, 0.6) is 5.06 Å². The van der Waals surface area contributed by atoms with Gasteiger partial charge in [0.05, 0.1) is 30.0 Å². The van der Waals surface area contributed by atoms with Crippen molar-refractivity contribution in [3.8, 4) is 5.06 Å². The lowest BCUT2D eigenvalue weighted by atomic mass is 10.4. The van der Waals surface area contributed by atoms with E-state index in [9.17, 15) is 4.57 Å². The van der Waals surface area contributed by atoms with Crippen molar-refractivity contribution in [1.82, 2.24) is 19.1 Å². The van der Waals surface area contributed by atoms with Crippen LogP contribution in [-0.2, 0) is 23.5 Å². The number of hydrogen-bond acceptors (Lipinski definition) is 5. The van der Waals surface area contributed by atoms with Crippen LogP contribution in [0.2, 0.25) is 0 Å². The average Bonchev–Trinajstić information content (AvgIpc) is 3.13. The highest BCUT2D eigenvalue weighted by Crippen LogP contribution is 2.43. The number of alkyl halides is 1. The largest absolute Gasteiger partial charge is 0.525 e. The Morgan fingerprint density at radius 3 is 2.91 bits per heavy atom. The molecule has 0 amide bonds. The van der Waals surface area contributed by atoms with Gasteiger partial charge in [-0.15, -0.1) is 11.6 Å². The van der Waals surface area contributed by atoms with Crippen molar-refractivity contribution in [2.75, 3.05) is 0 Å². The molecule has 0 saturated heterocycles. The average molecular weight is 377 g/mol. The summed E-state index contributed by atoms with van der Waals surface area (Å²) in [4.78, 5) is 27.0. The maximum atomic E-state index is 11.0. The van der Waals surface area contributed by atoms with E-state index in [-0.39, 0.29) is 10.9 Å². The van der Waals surface area contributed by atoms with Gasteiger partial charge in [0.15, 0.2) is 5.06 Å². The van der Waals surface area contributed by atoms with Crippen molar-refractivity contribution < 1.29 is 18.9 Å². The van der Waals surface area contributed by atoms with E-state index in [1.807, 2.05) is 16.1 Å². The Balaban J connectivity index is 2.01. The van der Waals surface area contributed by atoms with Crippen LogP contribution >= 0.6 is 30.8 Å². The summed E-state index contributed by atoms with van der Waals surface area (Å²) in [5.41, 5.74) is 1.71. The van der Waals surface area contributed by atoms with E-state index in [1.54, 1.807) is 18.6 Å². The van der Waals surface area contributed by atoms with Crippen molar-refractivity contribution in [1.29, 1.82) is 0 Å². The molecule has 124 valence electrons. The van der Waals surface area contributed by atoms with Gasteiger partial charge in [0.25, 0.3) is 0 Å². The lowest BCUT2D eigenvalue weighted by Gasteiger charge is -2.09. The Bertz CT molecular complexity index is 883. The number of nitrogens with zero attached hydrogens (tertiary/aromatic N) is 4. The molecule has 3 rings (SSSR count). The quantitative estimate of drug-likeness (QED) is 0.506. The molecular formula is C12H14ClN4O4PS. The smallest absolute Gasteiger partial charge is 0.394 e. The van der Waals surface area contributed by atoms with Gasteiger partial charge in [-0.05, 0) is 6.92 Å². The van der Waals surface area contributed by atoms with Crippen molar-refractivity contribution in [3.05, 3.63) is 30.1 Å². The third kappa shape index (κ3) is 3.44. The molecule has 0 bridgehead atoms. The first kappa shape index (κ1) is 16.5. The molecule has 0 aliphatic heterocycles. The molecule has 0 aromatic carbocycles. The second-order valence-electron chi connectivity index (χ2n) is 4.76. The fourth-order valence-electron chi connectivity index (χ4n) is 2.31. The Morgan fingerprint density at radius 2 is 2.26 bits per heavy atom. The van der Waals surface area contributed by atoms with Crippen molar-refractivity contribution in [2.45, 2.75) is 25.9 Å². The summed E-state index contributed by atoms with van der Waals surface area (Å²) in [7, 11) is -4.59. The van der Waals surface area contributed by atoms with Crippen LogP contribution in [-0.4, -0.2) is 28.9 Å². The van der Waals surface area contributed by atoms with E-state index in [2.05, 4.69) is 14.5 Å². The Labute approximate surface area is 140 Å². The Hall–Kier alpha value is -1.38. The summed E-state index contributed by atoms with van der Waals surface area (Å²) in [5, 5.41) is 0.120. The highest BCUT2D eigenvalue weighted by Gasteiger charge is 2.21. The molecule has 0 unspecified atom stereocenters. The van der Waals surface area contributed by atoms with Crippen molar-refractivity contribution in [3.63, 3.8) is 0 Å². The number of phosphoric ester groups is 1. The first-order valence-electron chi connectivity index (χ1n) is 6.70. The van der Waals surface area contributed by atoms with E-state index < -0.39 is 7.82 Å². The third-order valence-electron chi connectivity index (χ3n) is 3.29. The molecule has 0 aliphatic carbocycles. The topological polar surface area (TPSA) is 102 Å². The number of imidazole rings is 2. The zero-order valence-corrected chi connectivity index (χ0v) is 14.6. The molecule has 8 nitrogen and oxygen atoms in total. The molecule has 0 aliphatic rings. The van der Waals surface area contributed by atoms with Crippen LogP contribution in [0.15, 0.2) is 18.6 Å². The second kappa shape index (κ2) is 6.26. The van der Waals surface area contributed by atoms with Crippen LogP contribution in [0, 0.1) is 0 Å². The molecule has 23 heavy (non-hydrogen) atoms. The lowest BCUT2D eigenvalue weighted by Crippen LogP contribution is -2.08. The summed E-state index contributed by atoms with van der Waals surface area (Å²) in [6.07, 6.45) is 3.52. The van der Waals surface area contributed by atoms with Crippen LogP contribution in [0.1, 0.15) is 18.4 Å². The van der Waals surface area contributed by atoms with E-state index in [1.165, 1.54) is 0 Å². The van der Waals surface area contributed by atoms with Gasteiger partial charge in [0, 0.05) is 18.8 Å². The molecular weight excluding hydrogens is 363 g/mol. The summed E-state index contributed by atoms with van der Waals surface area (Å²) in [6, 6.07) is 1.56. The molecule has 0 saturated carbocycles. The SMILES string of the molecule is CCn1cncc1Cn1c(CCl)nc2sc(OP(=O)(O)O)cc21. The van der Waals surface area contributed by atoms with Crippen molar-refractivity contribution in [2.24, 2.45) is 0 Å². The fraction of sp³-hybridized carbons (Fsp3) is 0.333. The number of aromatic nitrogens is 4. The predicted molar refractivity (Wildman–Crippen MR) is 86.8 cm³/mol. The number of halogens is 1. The zero-order chi connectivity index (χ0) is 16.6. The molecule has 11 heteroatoms. The van der Waals surface area contributed by atoms with Gasteiger partial charge < -0.3 is 13.7 Å². The normalized spacial score (nSPS) is 12.2. The maximum absolute atomic E-state index is 11.0. The van der Waals surface area contributed by atoms with E-state index in [4.69, 9.17) is 21.4 Å². The van der Waals surface area contributed by atoms with Gasteiger partial charge in [-0.25, -0.2) is 14.5 Å². The van der Waals surface area contributed by atoms with Crippen molar-refractivity contribution >= 4 is 41.1 Å². The molecule has 3 heterocycles. The van der Waals surface area contributed by atoms with E-state index >= 15 is 0 Å². The lowest BCUT2D eigenvalue weighted by molar-refractivity contribution is 0.286. The second-order valence-corrected chi connectivity index (χ2v) is 7.18. The number of phosphoric acid groups is 1. The van der Waals surface area contributed by atoms with Crippen LogP contribution in [0.25, 0.3) is 10.3 Å². The summed E-state index contributed by atoms with van der Waals surface area (Å²) < 4.78 is 19.5. The first-order chi connectivity index (χ1) is 10.9. The minimum Gasteiger partial charge on any atom is -0.394 e. The fourth-order valence-corrected chi connectivity index (χ4v) is 4.03. The summed E-state index contributed by atoms with van der Waals surface area (Å²) in [5.74, 6) is 0.913. The van der Waals surface area contributed by atoms with Gasteiger partial charge >= 0.3 is 7.82 Å². The monoisotopic (exact) mass is 376 g/mol. The number of thiophene rings is 1. The predicted octanol–water partition coefficient (Wildman–Crippen LogP) is 2.57. The molecule has 3 aromatic heterocycles. The van der Waals surface area contributed by atoms with E-state index in [0.29, 0.717) is 17.2 Å². The van der Waals surface area contributed by atoms with Gasteiger partial charge in [-0.1, -0.05) is 11.3 Å².